The van der Waals surface area contributed by atoms with E-state index in [1.54, 1.807) is 0 Å². The Morgan fingerprint density at radius 2 is 2.00 bits per heavy atom. The van der Waals surface area contributed by atoms with Gasteiger partial charge in [-0.1, -0.05) is 25.7 Å². The number of hydrogen-bond donors (Lipinski definition) is 2. The third-order valence-corrected chi connectivity index (χ3v) is 5.30. The minimum absolute atomic E-state index is 0.211. The number of nitrogen functional groups attached to an aromatic ring is 1. The van der Waals surface area contributed by atoms with Gasteiger partial charge >= 0.3 is 0 Å². The number of sulfonamides is 1. The zero-order valence-corrected chi connectivity index (χ0v) is 12.3. The highest BCUT2D eigenvalue weighted by Gasteiger charge is 2.19. The van der Waals surface area contributed by atoms with Crippen molar-refractivity contribution in [1.82, 2.24) is 4.72 Å². The molecule has 6 heteroatoms. The fourth-order valence-corrected chi connectivity index (χ4v) is 3.84. The molecule has 3 N–H and O–H groups in total. The first-order chi connectivity index (χ1) is 9.49. The molecule has 20 heavy (non-hydrogen) atoms. The smallest absolute Gasteiger partial charge is 0.243 e. The van der Waals surface area contributed by atoms with E-state index in [0.29, 0.717) is 6.54 Å². The van der Waals surface area contributed by atoms with E-state index in [4.69, 9.17) is 5.73 Å². The second-order valence-corrected chi connectivity index (χ2v) is 7.12. The highest BCUT2D eigenvalue weighted by molar-refractivity contribution is 7.89. The molecule has 0 unspecified atom stereocenters. The van der Waals surface area contributed by atoms with Crippen LogP contribution in [0.5, 0.6) is 0 Å². The van der Waals surface area contributed by atoms with Crippen LogP contribution in [-0.4, -0.2) is 15.0 Å². The maximum atomic E-state index is 13.6. The summed E-state index contributed by atoms with van der Waals surface area (Å²) in [7, 11) is -3.78. The molecule has 4 nitrogen and oxygen atoms in total. The minimum Gasteiger partial charge on any atom is -0.399 e. The molecule has 0 atom stereocenters. The Morgan fingerprint density at radius 3 is 2.65 bits per heavy atom. The van der Waals surface area contributed by atoms with Gasteiger partial charge in [-0.15, -0.1) is 0 Å². The Morgan fingerprint density at radius 1 is 1.30 bits per heavy atom. The molecule has 0 radical (unpaired) electrons. The largest absolute Gasteiger partial charge is 0.399 e. The van der Waals surface area contributed by atoms with Crippen LogP contribution in [0, 0.1) is 11.7 Å². The summed E-state index contributed by atoms with van der Waals surface area (Å²) < 4.78 is 40.0. The van der Waals surface area contributed by atoms with Gasteiger partial charge < -0.3 is 5.73 Å². The van der Waals surface area contributed by atoms with Gasteiger partial charge in [0.1, 0.15) is 10.7 Å². The summed E-state index contributed by atoms with van der Waals surface area (Å²) in [4.78, 5) is -0.340. The lowest BCUT2D eigenvalue weighted by molar-refractivity contribution is 0.480. The highest BCUT2D eigenvalue weighted by Crippen LogP contribution is 2.28. The number of nitrogens with one attached hydrogen (secondary N) is 1. The monoisotopic (exact) mass is 300 g/mol. The van der Waals surface area contributed by atoms with Crippen molar-refractivity contribution in [2.24, 2.45) is 5.92 Å². The second-order valence-electron chi connectivity index (χ2n) is 5.38. The molecular weight excluding hydrogens is 279 g/mol. The van der Waals surface area contributed by atoms with Crippen molar-refractivity contribution in [2.45, 2.75) is 43.4 Å². The molecule has 112 valence electrons. The molecule has 1 saturated carbocycles. The van der Waals surface area contributed by atoms with Gasteiger partial charge in [-0.3, -0.25) is 0 Å². The molecule has 1 aromatic carbocycles. The van der Waals surface area contributed by atoms with E-state index in [0.717, 1.165) is 24.8 Å². The lowest BCUT2D eigenvalue weighted by Gasteiger charge is -2.10. The van der Waals surface area contributed by atoms with Crippen molar-refractivity contribution in [3.05, 3.63) is 24.0 Å². The van der Waals surface area contributed by atoms with Gasteiger partial charge in [-0.25, -0.2) is 17.5 Å². The number of nitrogens with two attached hydrogens (primary N) is 1. The third-order valence-electron chi connectivity index (χ3n) is 3.80. The van der Waals surface area contributed by atoms with Gasteiger partial charge in [0.2, 0.25) is 10.0 Å². The fraction of sp³-hybridized carbons (Fsp3) is 0.571. The van der Waals surface area contributed by atoms with Crippen molar-refractivity contribution >= 4 is 15.7 Å². The summed E-state index contributed by atoms with van der Waals surface area (Å²) >= 11 is 0. The number of anilines is 1. The Balaban J connectivity index is 1.87. The number of hydrogen-bond acceptors (Lipinski definition) is 3. The number of halogens is 1. The zero-order valence-electron chi connectivity index (χ0n) is 11.4. The van der Waals surface area contributed by atoms with Crippen molar-refractivity contribution in [1.29, 1.82) is 0 Å². The lowest BCUT2D eigenvalue weighted by atomic mass is 10.0. The first kappa shape index (κ1) is 15.3. The van der Waals surface area contributed by atoms with Gasteiger partial charge in [0, 0.05) is 12.2 Å². The van der Waals surface area contributed by atoms with E-state index in [1.807, 2.05) is 0 Å². The van der Waals surface area contributed by atoms with Gasteiger partial charge in [-0.2, -0.15) is 0 Å². The Bertz CT molecular complexity index is 554. The van der Waals surface area contributed by atoms with Gasteiger partial charge in [0.25, 0.3) is 0 Å². The number of rotatable bonds is 6. The normalized spacial score (nSPS) is 16.6. The second kappa shape index (κ2) is 6.54. The highest BCUT2D eigenvalue weighted by atomic mass is 32.2. The Hall–Kier alpha value is -1.14. The van der Waals surface area contributed by atoms with Crippen LogP contribution >= 0.6 is 0 Å². The fourth-order valence-electron chi connectivity index (χ4n) is 2.71. The molecule has 1 fully saturated rings. The zero-order chi connectivity index (χ0) is 14.6. The van der Waals surface area contributed by atoms with E-state index in [1.165, 1.54) is 37.8 Å². The molecule has 0 bridgehead atoms. The van der Waals surface area contributed by atoms with Crippen LogP contribution in [0.3, 0.4) is 0 Å². The summed E-state index contributed by atoms with van der Waals surface area (Å²) in [6.45, 7) is 0.350. The molecule has 0 amide bonds. The van der Waals surface area contributed by atoms with Gasteiger partial charge in [0.15, 0.2) is 0 Å². The van der Waals surface area contributed by atoms with Crippen LogP contribution in [0.4, 0.5) is 10.1 Å². The summed E-state index contributed by atoms with van der Waals surface area (Å²) in [6, 6.07) is 3.60. The molecule has 1 aliphatic rings. The third kappa shape index (κ3) is 3.93. The maximum Gasteiger partial charge on any atom is 0.243 e. The first-order valence-electron chi connectivity index (χ1n) is 7.04. The number of benzene rings is 1. The quantitative estimate of drug-likeness (QED) is 0.626. The van der Waals surface area contributed by atoms with Crippen LogP contribution in [0.1, 0.15) is 38.5 Å². The standard InChI is InChI=1S/C14H21FN2O2S/c15-13-10-12(16)7-8-14(13)20(18,19)17-9-3-6-11-4-1-2-5-11/h7-8,10-11,17H,1-6,9,16H2. The topological polar surface area (TPSA) is 72.2 Å². The Labute approximate surface area is 119 Å². The van der Waals surface area contributed by atoms with E-state index >= 15 is 0 Å². The summed E-state index contributed by atoms with van der Waals surface area (Å²) in [6.07, 6.45) is 6.89. The van der Waals surface area contributed by atoms with E-state index in [9.17, 15) is 12.8 Å². The Kier molecular flexibility index (Phi) is 4.99. The van der Waals surface area contributed by atoms with Crippen molar-refractivity contribution in [3.63, 3.8) is 0 Å². The lowest BCUT2D eigenvalue weighted by Crippen LogP contribution is -2.26. The summed E-state index contributed by atoms with van der Waals surface area (Å²) in [5, 5.41) is 0. The van der Waals surface area contributed by atoms with Crippen molar-refractivity contribution in [2.75, 3.05) is 12.3 Å². The van der Waals surface area contributed by atoms with Crippen LogP contribution < -0.4 is 10.5 Å². The summed E-state index contributed by atoms with van der Waals surface area (Å²) in [5.74, 6) is -0.0824. The average molecular weight is 300 g/mol. The van der Waals surface area contributed by atoms with Crippen LogP contribution in [0.25, 0.3) is 0 Å². The van der Waals surface area contributed by atoms with E-state index in [2.05, 4.69) is 4.72 Å². The molecule has 2 rings (SSSR count). The molecule has 0 heterocycles. The van der Waals surface area contributed by atoms with Crippen molar-refractivity contribution < 1.29 is 12.8 Å². The summed E-state index contributed by atoms with van der Waals surface area (Å²) in [5.41, 5.74) is 5.62. The van der Waals surface area contributed by atoms with Crippen LogP contribution in [-0.2, 0) is 10.0 Å². The molecule has 1 aliphatic carbocycles. The predicted molar refractivity (Wildman–Crippen MR) is 77.2 cm³/mol. The predicted octanol–water partition coefficient (Wildman–Crippen LogP) is 2.66. The van der Waals surface area contributed by atoms with Gasteiger partial charge in [0.05, 0.1) is 0 Å². The van der Waals surface area contributed by atoms with Crippen LogP contribution in [0.2, 0.25) is 0 Å². The molecule has 0 saturated heterocycles. The minimum atomic E-state index is -3.78. The molecule has 0 spiro atoms. The first-order valence-corrected chi connectivity index (χ1v) is 8.52. The molecule has 1 aromatic rings. The molecular formula is C14H21FN2O2S. The molecule has 0 aromatic heterocycles. The van der Waals surface area contributed by atoms with E-state index in [-0.39, 0.29) is 10.6 Å². The SMILES string of the molecule is Nc1ccc(S(=O)(=O)NCCCC2CCCC2)c(F)c1. The maximum absolute atomic E-state index is 13.6. The van der Waals surface area contributed by atoms with Crippen LogP contribution in [0.15, 0.2) is 23.1 Å². The van der Waals surface area contributed by atoms with Crippen molar-refractivity contribution in [3.8, 4) is 0 Å². The van der Waals surface area contributed by atoms with E-state index < -0.39 is 15.8 Å². The van der Waals surface area contributed by atoms with Gasteiger partial charge in [-0.05, 0) is 37.0 Å². The molecule has 0 aliphatic heterocycles. The average Bonchev–Trinajstić information content (AvgIpc) is 2.87.